The number of rotatable bonds is 7. The monoisotopic (exact) mass is 497 g/mol. The fourth-order valence-electron chi connectivity index (χ4n) is 5.37. The molecule has 3 atom stereocenters. The molecule has 1 aliphatic rings. The van der Waals surface area contributed by atoms with E-state index < -0.39 is 0 Å². The maximum Gasteiger partial charge on any atom is 0.119 e. The Morgan fingerprint density at radius 1 is 0.838 bits per heavy atom. The molecule has 1 aliphatic carbocycles. The summed E-state index contributed by atoms with van der Waals surface area (Å²) in [5.74, 6) is 2.87. The highest BCUT2D eigenvalue weighted by molar-refractivity contribution is 5.76. The highest BCUT2D eigenvalue weighted by atomic mass is 16.5. The molecule has 3 unspecified atom stereocenters. The van der Waals surface area contributed by atoms with E-state index in [9.17, 15) is 0 Å². The fraction of sp³-hybridized carbons (Fsp3) is 0.429. The minimum absolute atomic E-state index is 0.348. The maximum atomic E-state index is 6.38. The van der Waals surface area contributed by atoms with Crippen molar-refractivity contribution in [3.8, 4) is 5.75 Å². The Morgan fingerprint density at radius 2 is 1.46 bits per heavy atom. The van der Waals surface area contributed by atoms with Gasteiger partial charge in [-0.2, -0.15) is 0 Å². The molecular formula is C35H47NO. The standard InChI is InChI=1S/C33H41NO.C2H6/c1-24(2)19-26-21-28(33(4,5)6)22-27(26)23-35-32-17-15-30(16-18-32)34(29-12-8-7-9-13-29)31-14-10-11-25(3)20-31;1-2/h7-20,26-28H,21-23H2,1-6H3;1-2H3. The molecule has 4 rings (SSSR count). The van der Waals surface area contributed by atoms with Crippen molar-refractivity contribution in [3.63, 3.8) is 0 Å². The van der Waals surface area contributed by atoms with Crippen molar-refractivity contribution in [1.82, 2.24) is 0 Å². The van der Waals surface area contributed by atoms with Gasteiger partial charge >= 0.3 is 0 Å². The van der Waals surface area contributed by atoms with Crippen LogP contribution < -0.4 is 9.64 Å². The number of nitrogens with zero attached hydrogens (tertiary/aromatic N) is 1. The van der Waals surface area contributed by atoms with Crippen LogP contribution in [0.25, 0.3) is 0 Å². The zero-order valence-electron chi connectivity index (χ0n) is 24.3. The van der Waals surface area contributed by atoms with Crippen LogP contribution in [0.5, 0.6) is 5.75 Å². The van der Waals surface area contributed by atoms with Crippen LogP contribution in [0, 0.1) is 30.1 Å². The fourth-order valence-corrected chi connectivity index (χ4v) is 5.37. The van der Waals surface area contributed by atoms with E-state index in [2.05, 4.69) is 131 Å². The third-order valence-electron chi connectivity index (χ3n) is 7.35. The lowest BCUT2D eigenvalue weighted by molar-refractivity contribution is 0.208. The first-order chi connectivity index (χ1) is 17.7. The van der Waals surface area contributed by atoms with Gasteiger partial charge in [-0.1, -0.05) is 76.6 Å². The van der Waals surface area contributed by atoms with E-state index in [-0.39, 0.29) is 0 Å². The maximum absolute atomic E-state index is 6.38. The third-order valence-corrected chi connectivity index (χ3v) is 7.35. The van der Waals surface area contributed by atoms with Crippen LogP contribution in [0.15, 0.2) is 90.5 Å². The summed E-state index contributed by atoms with van der Waals surface area (Å²) >= 11 is 0. The topological polar surface area (TPSA) is 12.5 Å². The number of para-hydroxylation sites is 1. The van der Waals surface area contributed by atoms with E-state index in [1.54, 1.807) is 0 Å². The van der Waals surface area contributed by atoms with Gasteiger partial charge in [-0.3, -0.25) is 0 Å². The lowest BCUT2D eigenvalue weighted by Gasteiger charge is -2.27. The van der Waals surface area contributed by atoms with Gasteiger partial charge in [-0.15, -0.1) is 0 Å². The molecule has 0 amide bonds. The van der Waals surface area contributed by atoms with Crippen LogP contribution in [0.2, 0.25) is 0 Å². The summed E-state index contributed by atoms with van der Waals surface area (Å²) in [6.07, 6.45) is 4.98. The minimum atomic E-state index is 0.348. The molecule has 0 N–H and O–H groups in total. The van der Waals surface area contributed by atoms with E-state index in [0.717, 1.165) is 35.3 Å². The molecule has 3 aromatic carbocycles. The lowest BCUT2D eigenvalue weighted by atomic mass is 9.79. The van der Waals surface area contributed by atoms with Gasteiger partial charge in [0.2, 0.25) is 0 Å². The Balaban J connectivity index is 0.00000186. The predicted molar refractivity (Wildman–Crippen MR) is 161 cm³/mol. The Labute approximate surface area is 226 Å². The SMILES string of the molecule is CC.CC(C)=CC1CC(C(C)(C)C)CC1COc1ccc(N(c2ccccc2)c2cccc(C)c2)cc1. The number of hydrogen-bond donors (Lipinski definition) is 0. The number of hydrogen-bond acceptors (Lipinski definition) is 2. The summed E-state index contributed by atoms with van der Waals surface area (Å²) in [6, 6.07) is 27.8. The highest BCUT2D eigenvalue weighted by Gasteiger charge is 2.38. The molecule has 1 saturated carbocycles. The average Bonchev–Trinajstić information content (AvgIpc) is 3.28. The molecular weight excluding hydrogens is 450 g/mol. The average molecular weight is 498 g/mol. The zero-order valence-corrected chi connectivity index (χ0v) is 24.3. The van der Waals surface area contributed by atoms with E-state index in [0.29, 0.717) is 17.3 Å². The van der Waals surface area contributed by atoms with Crippen molar-refractivity contribution >= 4 is 17.1 Å². The second-order valence-corrected chi connectivity index (χ2v) is 11.5. The highest BCUT2D eigenvalue weighted by Crippen LogP contribution is 2.46. The lowest BCUT2D eigenvalue weighted by Crippen LogP contribution is -2.18. The molecule has 0 saturated heterocycles. The first-order valence-electron chi connectivity index (χ1n) is 14.0. The van der Waals surface area contributed by atoms with Gasteiger partial charge in [0, 0.05) is 17.1 Å². The van der Waals surface area contributed by atoms with Gasteiger partial charge in [-0.25, -0.2) is 0 Å². The van der Waals surface area contributed by atoms with Crippen molar-refractivity contribution in [2.24, 2.45) is 23.2 Å². The molecule has 2 heteroatoms. The second kappa shape index (κ2) is 13.0. The summed E-state index contributed by atoms with van der Waals surface area (Å²) in [6.45, 7) is 18.5. The number of anilines is 3. The molecule has 1 fully saturated rings. The normalized spacial score (nSPS) is 19.0. The van der Waals surface area contributed by atoms with E-state index in [4.69, 9.17) is 4.74 Å². The van der Waals surface area contributed by atoms with Crippen LogP contribution in [0.3, 0.4) is 0 Å². The third kappa shape index (κ3) is 7.74. The molecule has 37 heavy (non-hydrogen) atoms. The first-order valence-corrected chi connectivity index (χ1v) is 14.0. The van der Waals surface area contributed by atoms with Crippen LogP contribution in [-0.2, 0) is 0 Å². The zero-order chi connectivity index (χ0) is 27.0. The largest absolute Gasteiger partial charge is 0.493 e. The molecule has 0 aromatic heterocycles. The van der Waals surface area contributed by atoms with E-state index >= 15 is 0 Å². The summed E-state index contributed by atoms with van der Waals surface area (Å²) in [7, 11) is 0. The second-order valence-electron chi connectivity index (χ2n) is 11.5. The van der Waals surface area contributed by atoms with Crippen molar-refractivity contribution < 1.29 is 4.74 Å². The minimum Gasteiger partial charge on any atom is -0.493 e. The number of ether oxygens (including phenoxy) is 1. The Morgan fingerprint density at radius 3 is 2.05 bits per heavy atom. The van der Waals surface area contributed by atoms with Crippen molar-refractivity contribution in [2.75, 3.05) is 11.5 Å². The van der Waals surface area contributed by atoms with Crippen LogP contribution >= 0.6 is 0 Å². The Bertz CT molecular complexity index is 1120. The molecule has 0 heterocycles. The van der Waals surface area contributed by atoms with Gasteiger partial charge in [-0.05, 0) is 111 Å². The number of benzene rings is 3. The van der Waals surface area contributed by atoms with Crippen LogP contribution in [0.4, 0.5) is 17.1 Å². The molecule has 0 spiro atoms. The summed E-state index contributed by atoms with van der Waals surface area (Å²) in [4.78, 5) is 2.30. The van der Waals surface area contributed by atoms with Gasteiger partial charge in [0.1, 0.15) is 5.75 Å². The van der Waals surface area contributed by atoms with Crippen LogP contribution in [-0.4, -0.2) is 6.61 Å². The van der Waals surface area contributed by atoms with Gasteiger partial charge < -0.3 is 9.64 Å². The smallest absolute Gasteiger partial charge is 0.119 e. The molecule has 198 valence electrons. The number of aryl methyl sites for hydroxylation is 1. The quantitative estimate of drug-likeness (QED) is 0.301. The van der Waals surface area contributed by atoms with E-state index in [1.807, 2.05) is 13.8 Å². The molecule has 0 bridgehead atoms. The Kier molecular flexibility index (Phi) is 10.0. The van der Waals surface area contributed by atoms with E-state index in [1.165, 1.54) is 24.0 Å². The molecule has 0 radical (unpaired) electrons. The summed E-state index contributed by atoms with van der Waals surface area (Å²) in [5.41, 5.74) is 6.45. The van der Waals surface area contributed by atoms with Gasteiger partial charge in [0.05, 0.1) is 6.61 Å². The molecule has 0 aliphatic heterocycles. The summed E-state index contributed by atoms with van der Waals surface area (Å²) in [5, 5.41) is 0. The molecule has 2 nitrogen and oxygen atoms in total. The van der Waals surface area contributed by atoms with Crippen molar-refractivity contribution in [1.29, 1.82) is 0 Å². The van der Waals surface area contributed by atoms with Crippen molar-refractivity contribution in [3.05, 3.63) is 96.1 Å². The van der Waals surface area contributed by atoms with Gasteiger partial charge in [0.15, 0.2) is 0 Å². The Hall–Kier alpha value is -3.00. The predicted octanol–water partition coefficient (Wildman–Crippen LogP) is 10.5. The van der Waals surface area contributed by atoms with Crippen molar-refractivity contribution in [2.45, 2.75) is 68.2 Å². The summed E-state index contributed by atoms with van der Waals surface area (Å²) < 4.78 is 6.38. The molecule has 3 aromatic rings. The van der Waals surface area contributed by atoms with Crippen LogP contribution in [0.1, 0.15) is 66.9 Å². The first kappa shape index (κ1) is 28.6. The van der Waals surface area contributed by atoms with Gasteiger partial charge in [0.25, 0.3) is 0 Å². The number of allylic oxidation sites excluding steroid dienone is 2.